The molecule has 0 spiro atoms. The summed E-state index contributed by atoms with van der Waals surface area (Å²) in [7, 11) is 1.72. The van der Waals surface area contributed by atoms with Crippen LogP contribution in [0.5, 0.6) is 5.75 Å². The van der Waals surface area contributed by atoms with Crippen molar-refractivity contribution >= 4 is 23.2 Å². The summed E-state index contributed by atoms with van der Waals surface area (Å²) in [5, 5.41) is 11.2. The molecule has 0 bridgehead atoms. The summed E-state index contributed by atoms with van der Waals surface area (Å²) in [5.41, 5.74) is 1.35. The van der Waals surface area contributed by atoms with Gasteiger partial charge in [-0.1, -0.05) is 12.1 Å². The van der Waals surface area contributed by atoms with Crippen LogP contribution in [0, 0.1) is 0 Å². The predicted octanol–water partition coefficient (Wildman–Crippen LogP) is 2.73. The standard InChI is InChI=1S/C18H20N2O5S/c1-20(9-12-4-6-13(7-5-12)25-10-16(21)22)18(23)14-11-26-17(19-14)15-3-2-8-24-15/h4-7,11,15H,2-3,8-10H2,1H3,(H,21,22). The lowest BCUT2D eigenvalue weighted by atomic mass is 10.2. The third kappa shape index (κ3) is 4.59. The number of carboxylic acid groups (broad SMARTS) is 1. The molecule has 2 heterocycles. The summed E-state index contributed by atoms with van der Waals surface area (Å²) >= 11 is 1.46. The normalized spacial score (nSPS) is 16.4. The quantitative estimate of drug-likeness (QED) is 0.799. The first-order chi connectivity index (χ1) is 12.5. The van der Waals surface area contributed by atoms with Gasteiger partial charge in [0, 0.05) is 25.6 Å². The Labute approximate surface area is 155 Å². The maximum absolute atomic E-state index is 12.6. The van der Waals surface area contributed by atoms with Crippen LogP contribution in [-0.2, 0) is 16.1 Å². The lowest BCUT2D eigenvalue weighted by Crippen LogP contribution is -2.26. The van der Waals surface area contributed by atoms with Crippen molar-refractivity contribution in [3.63, 3.8) is 0 Å². The van der Waals surface area contributed by atoms with Crippen LogP contribution in [0.2, 0.25) is 0 Å². The average Bonchev–Trinajstić information content (AvgIpc) is 3.31. The van der Waals surface area contributed by atoms with Crippen LogP contribution in [0.3, 0.4) is 0 Å². The van der Waals surface area contributed by atoms with Crippen LogP contribution in [0.15, 0.2) is 29.6 Å². The molecule has 0 aliphatic carbocycles. The molecule has 8 heteroatoms. The first-order valence-corrected chi connectivity index (χ1v) is 9.17. The SMILES string of the molecule is CN(Cc1ccc(OCC(=O)O)cc1)C(=O)c1csc(C2CCCO2)n1. The molecule has 2 aromatic rings. The van der Waals surface area contributed by atoms with Gasteiger partial charge >= 0.3 is 5.97 Å². The van der Waals surface area contributed by atoms with Crippen molar-refractivity contribution in [1.29, 1.82) is 0 Å². The fourth-order valence-corrected chi connectivity index (χ4v) is 3.56. The maximum atomic E-state index is 12.6. The van der Waals surface area contributed by atoms with Crippen molar-refractivity contribution in [2.45, 2.75) is 25.5 Å². The monoisotopic (exact) mass is 376 g/mol. The largest absolute Gasteiger partial charge is 0.482 e. The molecular formula is C18H20N2O5S. The van der Waals surface area contributed by atoms with Gasteiger partial charge in [0.15, 0.2) is 6.61 Å². The Kier molecular flexibility index (Phi) is 5.85. The molecule has 1 aromatic carbocycles. The van der Waals surface area contributed by atoms with Gasteiger partial charge in [-0.15, -0.1) is 11.3 Å². The number of hydrogen-bond donors (Lipinski definition) is 1. The van der Waals surface area contributed by atoms with Crippen LogP contribution in [0.1, 0.15) is 40.0 Å². The summed E-state index contributed by atoms with van der Waals surface area (Å²) in [6.07, 6.45) is 2.00. The van der Waals surface area contributed by atoms with E-state index in [4.69, 9.17) is 14.6 Å². The first kappa shape index (κ1) is 18.3. The summed E-state index contributed by atoms with van der Waals surface area (Å²) in [5.74, 6) is -0.687. The summed E-state index contributed by atoms with van der Waals surface area (Å²) in [6.45, 7) is 0.791. The van der Waals surface area contributed by atoms with Crippen LogP contribution in [0.25, 0.3) is 0 Å². The number of amides is 1. The summed E-state index contributed by atoms with van der Waals surface area (Å²) in [6, 6.07) is 6.99. The second-order valence-corrected chi connectivity index (χ2v) is 6.95. The highest BCUT2D eigenvalue weighted by Crippen LogP contribution is 2.30. The number of rotatable bonds is 7. The zero-order chi connectivity index (χ0) is 18.5. The molecule has 1 unspecified atom stereocenters. The zero-order valence-electron chi connectivity index (χ0n) is 14.4. The van der Waals surface area contributed by atoms with E-state index in [1.807, 2.05) is 0 Å². The van der Waals surface area contributed by atoms with E-state index in [1.54, 1.807) is 41.6 Å². The van der Waals surface area contributed by atoms with Crippen LogP contribution in [0.4, 0.5) is 0 Å². The Hall–Kier alpha value is -2.45. The van der Waals surface area contributed by atoms with Crippen LogP contribution < -0.4 is 4.74 Å². The van der Waals surface area contributed by atoms with E-state index in [0.29, 0.717) is 18.0 Å². The summed E-state index contributed by atoms with van der Waals surface area (Å²) in [4.78, 5) is 29.1. The average molecular weight is 376 g/mol. The molecule has 1 aliphatic heterocycles. The molecule has 0 radical (unpaired) electrons. The van der Waals surface area contributed by atoms with Gasteiger partial charge in [0.2, 0.25) is 0 Å². The van der Waals surface area contributed by atoms with Crippen LogP contribution >= 0.6 is 11.3 Å². The third-order valence-corrected chi connectivity index (χ3v) is 4.94. The molecule has 26 heavy (non-hydrogen) atoms. The smallest absolute Gasteiger partial charge is 0.341 e. The Morgan fingerprint density at radius 2 is 2.15 bits per heavy atom. The second-order valence-electron chi connectivity index (χ2n) is 6.06. The highest BCUT2D eigenvalue weighted by molar-refractivity contribution is 7.09. The van der Waals surface area contributed by atoms with Gasteiger partial charge < -0.3 is 19.5 Å². The third-order valence-electron chi connectivity index (χ3n) is 4.00. The van der Waals surface area contributed by atoms with Crippen LogP contribution in [-0.4, -0.2) is 47.1 Å². The number of hydrogen-bond acceptors (Lipinski definition) is 6. The minimum absolute atomic E-state index is 0.0187. The molecular weight excluding hydrogens is 356 g/mol. The molecule has 1 aliphatic rings. The van der Waals surface area contributed by atoms with Gasteiger partial charge in [-0.25, -0.2) is 9.78 Å². The number of aromatic nitrogens is 1. The molecule has 1 amide bonds. The number of carbonyl (C=O) groups is 2. The number of benzene rings is 1. The van der Waals surface area contributed by atoms with E-state index in [2.05, 4.69) is 4.98 Å². The molecule has 1 saturated heterocycles. The van der Waals surface area contributed by atoms with Gasteiger partial charge in [-0.05, 0) is 30.5 Å². The number of carbonyl (C=O) groups excluding carboxylic acids is 1. The Morgan fingerprint density at radius 3 is 2.81 bits per heavy atom. The Bertz CT molecular complexity index is 768. The van der Waals surface area contributed by atoms with E-state index < -0.39 is 5.97 Å². The van der Waals surface area contributed by atoms with Crippen molar-refractivity contribution < 1.29 is 24.2 Å². The Balaban J connectivity index is 1.57. The second kappa shape index (κ2) is 8.29. The minimum atomic E-state index is -1.02. The predicted molar refractivity (Wildman–Crippen MR) is 95.4 cm³/mol. The van der Waals surface area contributed by atoms with Crippen molar-refractivity contribution in [1.82, 2.24) is 9.88 Å². The fraction of sp³-hybridized carbons (Fsp3) is 0.389. The van der Waals surface area contributed by atoms with Gasteiger partial charge in [0.05, 0.1) is 0 Å². The lowest BCUT2D eigenvalue weighted by molar-refractivity contribution is -0.139. The number of thiazole rings is 1. The van der Waals surface area contributed by atoms with Gasteiger partial charge in [-0.3, -0.25) is 4.79 Å². The molecule has 1 N–H and O–H groups in total. The van der Waals surface area contributed by atoms with E-state index in [1.165, 1.54) is 11.3 Å². The van der Waals surface area contributed by atoms with E-state index in [0.717, 1.165) is 30.0 Å². The number of carboxylic acids is 1. The van der Waals surface area contributed by atoms with Gasteiger partial charge in [0.1, 0.15) is 22.6 Å². The molecule has 1 atom stereocenters. The minimum Gasteiger partial charge on any atom is -0.482 e. The number of nitrogens with zero attached hydrogens (tertiary/aromatic N) is 2. The number of ether oxygens (including phenoxy) is 2. The van der Waals surface area contributed by atoms with E-state index >= 15 is 0 Å². The molecule has 7 nitrogen and oxygen atoms in total. The molecule has 1 aromatic heterocycles. The topological polar surface area (TPSA) is 89.0 Å². The lowest BCUT2D eigenvalue weighted by Gasteiger charge is -2.16. The van der Waals surface area contributed by atoms with Gasteiger partial charge in [0.25, 0.3) is 5.91 Å². The zero-order valence-corrected chi connectivity index (χ0v) is 15.2. The Morgan fingerprint density at radius 1 is 1.38 bits per heavy atom. The maximum Gasteiger partial charge on any atom is 0.341 e. The first-order valence-electron chi connectivity index (χ1n) is 8.29. The molecule has 138 valence electrons. The van der Waals surface area contributed by atoms with E-state index in [9.17, 15) is 9.59 Å². The molecule has 1 fully saturated rings. The molecule has 0 saturated carbocycles. The van der Waals surface area contributed by atoms with Gasteiger partial charge in [-0.2, -0.15) is 0 Å². The highest BCUT2D eigenvalue weighted by atomic mass is 32.1. The summed E-state index contributed by atoms with van der Waals surface area (Å²) < 4.78 is 10.7. The van der Waals surface area contributed by atoms with E-state index in [-0.39, 0.29) is 18.6 Å². The number of aliphatic carboxylic acids is 1. The van der Waals surface area contributed by atoms with Crippen molar-refractivity contribution in [3.05, 3.63) is 45.9 Å². The van der Waals surface area contributed by atoms with Crippen molar-refractivity contribution in [2.75, 3.05) is 20.3 Å². The van der Waals surface area contributed by atoms with Crippen molar-refractivity contribution in [2.24, 2.45) is 0 Å². The molecule has 3 rings (SSSR count). The fourth-order valence-electron chi connectivity index (χ4n) is 2.68. The van der Waals surface area contributed by atoms with Crippen molar-refractivity contribution in [3.8, 4) is 5.75 Å². The highest BCUT2D eigenvalue weighted by Gasteiger charge is 2.23.